The Morgan fingerprint density at radius 2 is 1.68 bits per heavy atom. The van der Waals surface area contributed by atoms with E-state index >= 15 is 0 Å². The van der Waals surface area contributed by atoms with Crippen LogP contribution >= 0.6 is 0 Å². The molecular weight excluding hydrogens is 445 g/mol. The van der Waals surface area contributed by atoms with E-state index in [4.69, 9.17) is 0 Å². The molecule has 188 valence electrons. The van der Waals surface area contributed by atoms with Crippen LogP contribution in [0.1, 0.15) is 48.1 Å². The van der Waals surface area contributed by atoms with Gasteiger partial charge in [0.05, 0.1) is 5.70 Å². The van der Waals surface area contributed by atoms with Gasteiger partial charge in [0.25, 0.3) is 0 Å². The molecule has 1 aliphatic carbocycles. The summed E-state index contributed by atoms with van der Waals surface area (Å²) in [6.45, 7) is 25.3. The van der Waals surface area contributed by atoms with Crippen molar-refractivity contribution in [3.05, 3.63) is 131 Å². The lowest BCUT2D eigenvalue weighted by Crippen LogP contribution is -2.17. The van der Waals surface area contributed by atoms with Crippen LogP contribution in [-0.4, -0.2) is 14.6 Å². The Bertz CT molecular complexity index is 1360. The lowest BCUT2D eigenvalue weighted by atomic mass is 9.75. The standard InChI is InChI=1S/C35H40BN/c1-10-12-13-31(11-2)35(8)20-18-29(19-21-35)32(37-9)22-23(3)28-14-16-30(17-15-28)33-26(6)24(4)25(5)27(7)34(33)36/h10-20,22H,2-3,9,21,36H2,1,4-8H3/b12-10-,31-13+,32-22-. The molecule has 37 heavy (non-hydrogen) atoms. The Morgan fingerprint density at radius 1 is 1.03 bits per heavy atom. The summed E-state index contributed by atoms with van der Waals surface area (Å²) in [4.78, 5) is 4.34. The van der Waals surface area contributed by atoms with Crippen LogP contribution in [0.3, 0.4) is 0 Å². The number of rotatable bonds is 8. The van der Waals surface area contributed by atoms with E-state index in [9.17, 15) is 0 Å². The SMILES string of the molecule is Bc1c(C)c(C)c(C)c(C)c1-c1ccc(C(=C)/C=C(\N=C)C2=CCC(C)(/C(C=C)=C/C=C\C)C=C2)cc1. The maximum absolute atomic E-state index is 4.34. The van der Waals surface area contributed by atoms with Crippen LogP contribution in [0.2, 0.25) is 0 Å². The zero-order valence-corrected chi connectivity index (χ0v) is 23.7. The van der Waals surface area contributed by atoms with Crippen LogP contribution in [0, 0.1) is 33.1 Å². The maximum atomic E-state index is 4.34. The first kappa shape index (κ1) is 27.9. The van der Waals surface area contributed by atoms with Gasteiger partial charge in [-0.05, 0) is 104 Å². The van der Waals surface area contributed by atoms with E-state index in [0.717, 1.165) is 28.8 Å². The van der Waals surface area contributed by atoms with Gasteiger partial charge in [0.2, 0.25) is 0 Å². The van der Waals surface area contributed by atoms with Crippen molar-refractivity contribution in [2.75, 3.05) is 0 Å². The Kier molecular flexibility index (Phi) is 8.76. The summed E-state index contributed by atoms with van der Waals surface area (Å²) in [5.41, 5.74) is 14.4. The molecule has 0 saturated carbocycles. The van der Waals surface area contributed by atoms with Crippen LogP contribution in [-0.2, 0) is 0 Å². The van der Waals surface area contributed by atoms with E-state index in [1.54, 1.807) is 0 Å². The van der Waals surface area contributed by atoms with Crippen molar-refractivity contribution in [2.24, 2.45) is 10.4 Å². The van der Waals surface area contributed by atoms with Gasteiger partial charge in [-0.15, -0.1) is 0 Å². The third-order valence-electron chi connectivity index (χ3n) is 8.05. The summed E-state index contributed by atoms with van der Waals surface area (Å²) >= 11 is 0. The maximum Gasteiger partial charge on any atom is 0.140 e. The molecule has 0 amide bonds. The molecule has 0 aliphatic heterocycles. The Balaban J connectivity index is 1.86. The molecule has 0 spiro atoms. The number of hydrogen-bond donors (Lipinski definition) is 0. The lowest BCUT2D eigenvalue weighted by molar-refractivity contribution is 0.528. The molecule has 0 N–H and O–H groups in total. The average Bonchev–Trinajstić information content (AvgIpc) is 2.90. The quantitative estimate of drug-likeness (QED) is 0.204. The highest BCUT2D eigenvalue weighted by molar-refractivity contribution is 6.37. The highest BCUT2D eigenvalue weighted by Gasteiger charge is 2.26. The number of aliphatic imine (C=N–C) groups is 1. The van der Waals surface area contributed by atoms with Gasteiger partial charge >= 0.3 is 0 Å². The van der Waals surface area contributed by atoms with Gasteiger partial charge in [-0.3, -0.25) is 4.99 Å². The second-order valence-corrected chi connectivity index (χ2v) is 10.3. The van der Waals surface area contributed by atoms with Crippen LogP contribution in [0.25, 0.3) is 16.7 Å². The predicted molar refractivity (Wildman–Crippen MR) is 169 cm³/mol. The highest BCUT2D eigenvalue weighted by atomic mass is 14.7. The second kappa shape index (κ2) is 11.6. The van der Waals surface area contributed by atoms with Crippen molar-refractivity contribution in [1.29, 1.82) is 0 Å². The van der Waals surface area contributed by atoms with Gasteiger partial charge in [0.1, 0.15) is 7.85 Å². The molecule has 0 bridgehead atoms. The Labute approximate surface area is 225 Å². The van der Waals surface area contributed by atoms with Gasteiger partial charge in [-0.25, -0.2) is 0 Å². The monoisotopic (exact) mass is 485 g/mol. The molecule has 2 aromatic rings. The summed E-state index contributed by atoms with van der Waals surface area (Å²) in [6, 6.07) is 8.72. The average molecular weight is 486 g/mol. The van der Waals surface area contributed by atoms with Crippen LogP contribution in [0.4, 0.5) is 0 Å². The molecule has 1 unspecified atom stereocenters. The van der Waals surface area contributed by atoms with E-state index in [1.165, 1.54) is 44.4 Å². The minimum atomic E-state index is -0.0904. The molecule has 1 nitrogen and oxygen atoms in total. The first-order valence-electron chi connectivity index (χ1n) is 13.0. The van der Waals surface area contributed by atoms with Gasteiger partial charge < -0.3 is 0 Å². The van der Waals surface area contributed by atoms with Crippen molar-refractivity contribution >= 4 is 25.6 Å². The minimum absolute atomic E-state index is 0.0904. The first-order valence-corrected chi connectivity index (χ1v) is 13.0. The van der Waals surface area contributed by atoms with Gasteiger partial charge in [0.15, 0.2) is 0 Å². The van der Waals surface area contributed by atoms with Crippen molar-refractivity contribution in [2.45, 2.75) is 48.0 Å². The predicted octanol–water partition coefficient (Wildman–Crippen LogP) is 8.02. The molecule has 0 fully saturated rings. The summed E-state index contributed by atoms with van der Waals surface area (Å²) in [6.07, 6.45) is 17.7. The molecule has 3 rings (SSSR count). The summed E-state index contributed by atoms with van der Waals surface area (Å²) in [5.74, 6) is 0. The third kappa shape index (κ3) is 5.69. The fourth-order valence-electron chi connectivity index (χ4n) is 5.08. The van der Waals surface area contributed by atoms with E-state index in [2.05, 4.69) is 122 Å². The topological polar surface area (TPSA) is 12.4 Å². The molecular formula is C35H40BN. The van der Waals surface area contributed by atoms with Gasteiger partial charge in [-0.1, -0.05) is 97.9 Å². The van der Waals surface area contributed by atoms with Crippen molar-refractivity contribution in [1.82, 2.24) is 0 Å². The van der Waals surface area contributed by atoms with E-state index < -0.39 is 0 Å². The number of nitrogens with zero attached hydrogens (tertiary/aromatic N) is 1. The summed E-state index contributed by atoms with van der Waals surface area (Å²) in [7, 11) is 2.23. The summed E-state index contributed by atoms with van der Waals surface area (Å²) < 4.78 is 0. The smallest absolute Gasteiger partial charge is 0.140 e. The zero-order valence-electron chi connectivity index (χ0n) is 23.7. The number of allylic oxidation sites excluding steroid dienone is 10. The van der Waals surface area contributed by atoms with Crippen molar-refractivity contribution < 1.29 is 0 Å². The molecule has 1 atom stereocenters. The van der Waals surface area contributed by atoms with Crippen molar-refractivity contribution in [3.63, 3.8) is 0 Å². The molecule has 2 aromatic carbocycles. The molecule has 1 aliphatic rings. The Morgan fingerprint density at radius 3 is 2.22 bits per heavy atom. The number of benzene rings is 2. The van der Waals surface area contributed by atoms with E-state index in [-0.39, 0.29) is 5.41 Å². The normalized spacial score (nSPS) is 18.2. The first-order chi connectivity index (χ1) is 17.6. The number of hydrogen-bond acceptors (Lipinski definition) is 1. The van der Waals surface area contributed by atoms with Gasteiger partial charge in [0, 0.05) is 5.41 Å². The molecule has 0 heterocycles. The van der Waals surface area contributed by atoms with Crippen molar-refractivity contribution in [3.8, 4) is 11.1 Å². The summed E-state index contributed by atoms with van der Waals surface area (Å²) in [5, 5.41) is 0. The largest absolute Gasteiger partial charge is 0.264 e. The highest BCUT2D eigenvalue weighted by Crippen LogP contribution is 2.39. The van der Waals surface area contributed by atoms with Crippen LogP contribution in [0.15, 0.2) is 108 Å². The van der Waals surface area contributed by atoms with Gasteiger partial charge in [-0.2, -0.15) is 0 Å². The molecule has 2 heteroatoms. The fraction of sp³-hybridized carbons (Fsp3) is 0.229. The van der Waals surface area contributed by atoms with Crippen LogP contribution < -0.4 is 5.46 Å². The molecule has 0 saturated heterocycles. The zero-order chi connectivity index (χ0) is 27.3. The third-order valence-corrected chi connectivity index (χ3v) is 8.05. The fourth-order valence-corrected chi connectivity index (χ4v) is 5.08. The molecule has 0 aromatic heterocycles. The lowest BCUT2D eigenvalue weighted by Gasteiger charge is -2.29. The molecule has 0 radical (unpaired) electrons. The van der Waals surface area contributed by atoms with Crippen LogP contribution in [0.5, 0.6) is 0 Å². The minimum Gasteiger partial charge on any atom is -0.264 e. The Hall–Kier alpha value is -3.65. The van der Waals surface area contributed by atoms with E-state index in [1.807, 2.05) is 25.2 Å². The second-order valence-electron chi connectivity index (χ2n) is 10.3. The van der Waals surface area contributed by atoms with E-state index in [0.29, 0.717) is 0 Å².